The van der Waals surface area contributed by atoms with E-state index >= 15 is 0 Å². The van der Waals surface area contributed by atoms with E-state index in [1.807, 2.05) is 12.1 Å². The minimum absolute atomic E-state index is 0. The number of nitrogens with one attached hydrogen (secondary N) is 2. The summed E-state index contributed by atoms with van der Waals surface area (Å²) in [4.78, 5) is 12.3. The SMILES string of the molecule is COc1cc(OC)cc(OCCCNC(=O)C2CC3CCCCC3N2)c1.Cl. The maximum atomic E-state index is 12.3. The number of amides is 1. The fourth-order valence-electron chi connectivity index (χ4n) is 3.98. The maximum Gasteiger partial charge on any atom is 0.237 e. The Morgan fingerprint density at radius 2 is 1.78 bits per heavy atom. The van der Waals surface area contributed by atoms with E-state index in [0.29, 0.717) is 42.4 Å². The molecule has 1 amide bonds. The number of hydrogen-bond acceptors (Lipinski definition) is 5. The fourth-order valence-corrected chi connectivity index (χ4v) is 3.98. The molecule has 3 atom stereocenters. The summed E-state index contributed by atoms with van der Waals surface area (Å²) in [5, 5.41) is 6.55. The van der Waals surface area contributed by atoms with Gasteiger partial charge < -0.3 is 24.8 Å². The van der Waals surface area contributed by atoms with Crippen LogP contribution >= 0.6 is 12.4 Å². The highest BCUT2D eigenvalue weighted by atomic mass is 35.5. The molecule has 2 N–H and O–H groups in total. The third kappa shape index (κ3) is 5.91. The highest BCUT2D eigenvalue weighted by Gasteiger charge is 2.37. The predicted octanol–water partition coefficient (Wildman–Crippen LogP) is 2.93. The number of hydrogen-bond donors (Lipinski definition) is 2. The molecule has 27 heavy (non-hydrogen) atoms. The molecule has 0 radical (unpaired) electrons. The highest BCUT2D eigenvalue weighted by molar-refractivity contribution is 5.85. The standard InChI is InChI=1S/C20H30N2O4.ClH/c1-24-15-11-16(25-2)13-17(12-15)26-9-5-8-21-20(23)19-10-14-6-3-4-7-18(14)22-19;/h11-14,18-19,22H,3-10H2,1-2H3,(H,21,23);1H. The molecule has 0 bridgehead atoms. The Hall–Kier alpha value is -1.66. The summed E-state index contributed by atoms with van der Waals surface area (Å²) in [5.74, 6) is 2.91. The second kappa shape index (κ2) is 10.6. The Bertz CT molecular complexity index is 577. The first-order valence-electron chi connectivity index (χ1n) is 9.59. The largest absolute Gasteiger partial charge is 0.496 e. The summed E-state index contributed by atoms with van der Waals surface area (Å²) >= 11 is 0. The molecule has 6 nitrogen and oxygen atoms in total. The Labute approximate surface area is 167 Å². The van der Waals surface area contributed by atoms with Gasteiger partial charge in [-0.3, -0.25) is 4.79 Å². The first-order valence-corrected chi connectivity index (χ1v) is 9.59. The number of carbonyl (C=O) groups is 1. The average molecular weight is 399 g/mol. The quantitative estimate of drug-likeness (QED) is 0.659. The van der Waals surface area contributed by atoms with Crippen molar-refractivity contribution in [2.24, 2.45) is 5.92 Å². The molecular weight excluding hydrogens is 368 g/mol. The molecule has 2 aliphatic rings. The zero-order valence-electron chi connectivity index (χ0n) is 16.2. The monoisotopic (exact) mass is 398 g/mol. The van der Waals surface area contributed by atoms with Crippen molar-refractivity contribution in [1.29, 1.82) is 0 Å². The Morgan fingerprint density at radius 1 is 1.11 bits per heavy atom. The number of carbonyl (C=O) groups excluding carboxylic acids is 1. The first kappa shape index (κ1) is 21.6. The fraction of sp³-hybridized carbons (Fsp3) is 0.650. The van der Waals surface area contributed by atoms with E-state index < -0.39 is 0 Å². The summed E-state index contributed by atoms with van der Waals surface area (Å²) in [6, 6.07) is 5.98. The number of ether oxygens (including phenoxy) is 3. The molecule has 0 spiro atoms. The van der Waals surface area contributed by atoms with Crippen molar-refractivity contribution in [3.8, 4) is 17.2 Å². The number of methoxy groups -OCH3 is 2. The van der Waals surface area contributed by atoms with Crippen molar-refractivity contribution in [2.75, 3.05) is 27.4 Å². The minimum atomic E-state index is -0.0216. The van der Waals surface area contributed by atoms with Gasteiger partial charge in [0.1, 0.15) is 17.2 Å². The summed E-state index contributed by atoms with van der Waals surface area (Å²) in [6.07, 6.45) is 6.81. The van der Waals surface area contributed by atoms with Crippen LogP contribution in [0, 0.1) is 5.92 Å². The molecule has 3 unspecified atom stereocenters. The van der Waals surface area contributed by atoms with Gasteiger partial charge >= 0.3 is 0 Å². The van der Waals surface area contributed by atoms with E-state index in [1.165, 1.54) is 25.7 Å². The second-order valence-electron chi connectivity index (χ2n) is 7.15. The van der Waals surface area contributed by atoms with Gasteiger partial charge in [0.15, 0.2) is 0 Å². The minimum Gasteiger partial charge on any atom is -0.496 e. The van der Waals surface area contributed by atoms with E-state index in [-0.39, 0.29) is 24.4 Å². The lowest BCUT2D eigenvalue weighted by atomic mass is 9.85. The zero-order chi connectivity index (χ0) is 18.4. The van der Waals surface area contributed by atoms with Crippen LogP contribution in [0.4, 0.5) is 0 Å². The maximum absolute atomic E-state index is 12.3. The Kier molecular flexibility index (Phi) is 8.51. The molecule has 0 aromatic heterocycles. The van der Waals surface area contributed by atoms with Gasteiger partial charge in [0.05, 0.1) is 26.9 Å². The van der Waals surface area contributed by atoms with Crippen molar-refractivity contribution in [2.45, 2.75) is 50.6 Å². The van der Waals surface area contributed by atoms with E-state index in [2.05, 4.69) is 10.6 Å². The molecule has 1 aromatic rings. The number of halogens is 1. The van der Waals surface area contributed by atoms with E-state index in [1.54, 1.807) is 20.3 Å². The van der Waals surface area contributed by atoms with Crippen LogP contribution in [0.3, 0.4) is 0 Å². The summed E-state index contributed by atoms with van der Waals surface area (Å²) in [7, 11) is 3.22. The predicted molar refractivity (Wildman–Crippen MR) is 107 cm³/mol. The normalized spacial score (nSPS) is 23.7. The van der Waals surface area contributed by atoms with Crippen LogP contribution in [0.1, 0.15) is 38.5 Å². The van der Waals surface area contributed by atoms with Crippen LogP contribution in [0.25, 0.3) is 0 Å². The van der Waals surface area contributed by atoms with Crippen LogP contribution in [-0.4, -0.2) is 45.4 Å². The molecule has 1 aliphatic carbocycles. The summed E-state index contributed by atoms with van der Waals surface area (Å²) < 4.78 is 16.2. The molecule has 7 heteroatoms. The lowest BCUT2D eigenvalue weighted by Gasteiger charge is -2.24. The van der Waals surface area contributed by atoms with Gasteiger partial charge in [-0.05, 0) is 31.6 Å². The molecular formula is C20H31ClN2O4. The first-order chi connectivity index (χ1) is 12.7. The lowest BCUT2D eigenvalue weighted by molar-refractivity contribution is -0.122. The summed E-state index contributed by atoms with van der Waals surface area (Å²) in [5.41, 5.74) is 0. The smallest absolute Gasteiger partial charge is 0.237 e. The van der Waals surface area contributed by atoms with E-state index in [0.717, 1.165) is 12.8 Å². The zero-order valence-corrected chi connectivity index (χ0v) is 17.0. The van der Waals surface area contributed by atoms with Crippen molar-refractivity contribution in [1.82, 2.24) is 10.6 Å². The van der Waals surface area contributed by atoms with Gasteiger partial charge in [-0.2, -0.15) is 0 Å². The number of fused-ring (bicyclic) bond motifs is 1. The second-order valence-corrected chi connectivity index (χ2v) is 7.15. The van der Waals surface area contributed by atoms with Crippen molar-refractivity contribution >= 4 is 18.3 Å². The molecule has 1 saturated heterocycles. The van der Waals surface area contributed by atoms with Gasteiger partial charge in [-0.15, -0.1) is 12.4 Å². The van der Waals surface area contributed by atoms with Crippen LogP contribution in [0.15, 0.2) is 18.2 Å². The van der Waals surface area contributed by atoms with E-state index in [9.17, 15) is 4.79 Å². The number of rotatable bonds is 8. The molecule has 1 aromatic carbocycles. The average Bonchev–Trinajstić information content (AvgIpc) is 3.11. The topological polar surface area (TPSA) is 68.8 Å². The molecule has 1 aliphatic heterocycles. The number of benzene rings is 1. The van der Waals surface area contributed by atoms with Crippen LogP contribution in [-0.2, 0) is 4.79 Å². The third-order valence-corrected chi connectivity index (χ3v) is 5.39. The summed E-state index contributed by atoms with van der Waals surface area (Å²) in [6.45, 7) is 1.15. The third-order valence-electron chi connectivity index (χ3n) is 5.39. The van der Waals surface area contributed by atoms with Gasteiger partial charge in [0, 0.05) is 30.8 Å². The lowest BCUT2D eigenvalue weighted by Crippen LogP contribution is -2.43. The highest BCUT2D eigenvalue weighted by Crippen LogP contribution is 2.33. The van der Waals surface area contributed by atoms with Gasteiger partial charge in [0.25, 0.3) is 0 Å². The van der Waals surface area contributed by atoms with E-state index in [4.69, 9.17) is 14.2 Å². The molecule has 1 heterocycles. The van der Waals surface area contributed by atoms with Crippen molar-refractivity contribution < 1.29 is 19.0 Å². The van der Waals surface area contributed by atoms with Gasteiger partial charge in [0.2, 0.25) is 5.91 Å². The van der Waals surface area contributed by atoms with Crippen LogP contribution in [0.5, 0.6) is 17.2 Å². The van der Waals surface area contributed by atoms with Crippen molar-refractivity contribution in [3.05, 3.63) is 18.2 Å². The molecule has 152 valence electrons. The van der Waals surface area contributed by atoms with Gasteiger partial charge in [-0.1, -0.05) is 12.8 Å². The molecule has 1 saturated carbocycles. The van der Waals surface area contributed by atoms with Crippen molar-refractivity contribution in [3.63, 3.8) is 0 Å². The van der Waals surface area contributed by atoms with Crippen LogP contribution in [0.2, 0.25) is 0 Å². The Morgan fingerprint density at radius 3 is 2.44 bits per heavy atom. The molecule has 2 fully saturated rings. The van der Waals surface area contributed by atoms with Gasteiger partial charge in [-0.25, -0.2) is 0 Å². The van der Waals surface area contributed by atoms with Crippen LogP contribution < -0.4 is 24.8 Å². The molecule has 3 rings (SSSR count). The Balaban J connectivity index is 0.00000261.